The van der Waals surface area contributed by atoms with E-state index in [2.05, 4.69) is 35.7 Å². The molecule has 13 heavy (non-hydrogen) atoms. The van der Waals surface area contributed by atoms with Gasteiger partial charge < -0.3 is 10.1 Å². The number of rotatable bonds is 0. The van der Waals surface area contributed by atoms with Gasteiger partial charge in [0, 0.05) is 23.9 Å². The van der Waals surface area contributed by atoms with Gasteiger partial charge in [-0.2, -0.15) is 0 Å². The monoisotopic (exact) mass is 175 g/mol. The summed E-state index contributed by atoms with van der Waals surface area (Å²) in [5.41, 5.74) is 0. The van der Waals surface area contributed by atoms with Crippen molar-refractivity contribution >= 4 is 0 Å². The predicted molar refractivity (Wildman–Crippen MR) is 51.1 cm³/mol. The Hall–Kier alpha value is -1.02. The summed E-state index contributed by atoms with van der Waals surface area (Å²) in [6, 6.07) is 1.03. The molecule has 1 N–H and O–H groups in total. The van der Waals surface area contributed by atoms with Crippen molar-refractivity contribution < 1.29 is 4.74 Å². The van der Waals surface area contributed by atoms with Gasteiger partial charge in [0.15, 0.2) is 0 Å². The van der Waals surface area contributed by atoms with Crippen LogP contribution in [0.3, 0.4) is 0 Å². The Balaban J connectivity index is 1.92. The van der Waals surface area contributed by atoms with E-state index in [1.165, 1.54) is 0 Å². The number of ether oxygens (including phenoxy) is 1. The second kappa shape index (κ2) is 2.74. The highest BCUT2D eigenvalue weighted by molar-refractivity contribution is 5.24. The van der Waals surface area contributed by atoms with Crippen LogP contribution in [0.4, 0.5) is 0 Å². The first kappa shape index (κ1) is 7.39. The van der Waals surface area contributed by atoms with E-state index < -0.39 is 0 Å². The molecule has 0 amide bonds. The molecule has 0 aromatic heterocycles. The zero-order valence-electron chi connectivity index (χ0n) is 7.39. The van der Waals surface area contributed by atoms with E-state index in [4.69, 9.17) is 4.74 Å². The van der Waals surface area contributed by atoms with Crippen molar-refractivity contribution in [1.82, 2.24) is 5.32 Å². The van der Waals surface area contributed by atoms with Crippen LogP contribution < -0.4 is 5.32 Å². The molecular formula is C11H13NO. The number of fused-ring (bicyclic) bond motifs is 3. The van der Waals surface area contributed by atoms with E-state index in [-0.39, 0.29) is 0 Å². The molecular weight excluding hydrogens is 162 g/mol. The molecule has 68 valence electrons. The zero-order valence-corrected chi connectivity index (χ0v) is 7.39. The Bertz CT molecular complexity index is 292. The van der Waals surface area contributed by atoms with Gasteiger partial charge in [-0.3, -0.25) is 0 Å². The van der Waals surface area contributed by atoms with Gasteiger partial charge in [-0.15, -0.1) is 0 Å². The highest BCUT2D eigenvalue weighted by atomic mass is 16.5. The summed E-state index contributed by atoms with van der Waals surface area (Å²) in [5.74, 6) is 1.26. The van der Waals surface area contributed by atoms with Crippen molar-refractivity contribution in [1.29, 1.82) is 0 Å². The summed E-state index contributed by atoms with van der Waals surface area (Å²) in [7, 11) is 0. The normalized spacial score (nSPS) is 45.5. The molecule has 0 bridgehead atoms. The lowest BCUT2D eigenvalue weighted by Crippen LogP contribution is -2.35. The van der Waals surface area contributed by atoms with Crippen LogP contribution in [0.5, 0.6) is 0 Å². The minimum Gasteiger partial charge on any atom is -0.500 e. The van der Waals surface area contributed by atoms with Crippen LogP contribution >= 0.6 is 0 Å². The average Bonchev–Trinajstić information content (AvgIpc) is 2.56. The third-order valence-electron chi connectivity index (χ3n) is 3.17. The van der Waals surface area contributed by atoms with E-state index in [9.17, 15) is 0 Å². The highest BCUT2D eigenvalue weighted by Gasteiger charge is 2.40. The molecule has 3 rings (SSSR count). The first-order valence-electron chi connectivity index (χ1n) is 4.84. The standard InChI is InChI=1S/C11H13NO/c1-2-4-10-8(3-1)9-5-6-13-7-11(9)12-10/h1-6,8-12H,7H2. The van der Waals surface area contributed by atoms with Crippen LogP contribution in [0.1, 0.15) is 0 Å². The fraction of sp³-hybridized carbons (Fsp3) is 0.455. The highest BCUT2D eigenvalue weighted by Crippen LogP contribution is 2.34. The van der Waals surface area contributed by atoms with Crippen molar-refractivity contribution in [2.45, 2.75) is 12.1 Å². The average molecular weight is 175 g/mol. The fourth-order valence-electron chi connectivity index (χ4n) is 2.51. The molecule has 2 heteroatoms. The van der Waals surface area contributed by atoms with E-state index in [0.29, 0.717) is 23.9 Å². The number of hydrogen-bond acceptors (Lipinski definition) is 2. The smallest absolute Gasteiger partial charge is 0.103 e. The summed E-state index contributed by atoms with van der Waals surface area (Å²) < 4.78 is 5.30. The fourth-order valence-corrected chi connectivity index (χ4v) is 2.51. The largest absolute Gasteiger partial charge is 0.500 e. The van der Waals surface area contributed by atoms with Gasteiger partial charge in [-0.25, -0.2) is 0 Å². The minimum absolute atomic E-state index is 0.507. The van der Waals surface area contributed by atoms with Crippen LogP contribution in [0, 0.1) is 11.8 Å². The van der Waals surface area contributed by atoms with Crippen molar-refractivity contribution in [3.05, 3.63) is 36.6 Å². The van der Waals surface area contributed by atoms with Crippen molar-refractivity contribution in [3.8, 4) is 0 Å². The van der Waals surface area contributed by atoms with E-state index in [1.807, 2.05) is 6.26 Å². The van der Waals surface area contributed by atoms with Crippen LogP contribution in [0.15, 0.2) is 36.6 Å². The van der Waals surface area contributed by atoms with E-state index >= 15 is 0 Å². The third-order valence-corrected chi connectivity index (χ3v) is 3.17. The molecule has 0 aromatic rings. The molecule has 0 aromatic carbocycles. The van der Waals surface area contributed by atoms with Crippen molar-refractivity contribution in [2.75, 3.05) is 6.61 Å². The second-order valence-corrected chi connectivity index (χ2v) is 3.89. The lowest BCUT2D eigenvalue weighted by Gasteiger charge is -2.22. The SMILES string of the molecule is C1=CC2NC3COC=CC3C2C=C1. The molecule has 2 aliphatic heterocycles. The number of hydrogen-bond donors (Lipinski definition) is 1. The zero-order chi connectivity index (χ0) is 8.67. The Labute approximate surface area is 78.0 Å². The van der Waals surface area contributed by atoms with E-state index in [0.717, 1.165) is 6.61 Å². The third kappa shape index (κ3) is 1.05. The molecule has 2 heterocycles. The number of nitrogens with one attached hydrogen (secondary N) is 1. The molecule has 3 aliphatic rings. The van der Waals surface area contributed by atoms with Crippen molar-refractivity contribution in [2.24, 2.45) is 11.8 Å². The molecule has 1 saturated heterocycles. The Morgan fingerprint density at radius 2 is 2.00 bits per heavy atom. The molecule has 4 atom stereocenters. The molecule has 0 spiro atoms. The summed E-state index contributed by atoms with van der Waals surface area (Å²) in [5, 5.41) is 3.58. The Morgan fingerprint density at radius 3 is 3.00 bits per heavy atom. The van der Waals surface area contributed by atoms with Gasteiger partial charge >= 0.3 is 0 Å². The molecule has 1 fully saturated rings. The molecule has 0 saturated carbocycles. The molecule has 0 radical (unpaired) electrons. The first-order valence-corrected chi connectivity index (χ1v) is 4.84. The first-order chi connectivity index (χ1) is 6.45. The Morgan fingerprint density at radius 1 is 1.08 bits per heavy atom. The van der Waals surface area contributed by atoms with Crippen LogP contribution in [0.2, 0.25) is 0 Å². The molecule has 1 aliphatic carbocycles. The van der Waals surface area contributed by atoms with Gasteiger partial charge in [0.05, 0.1) is 6.26 Å². The quantitative estimate of drug-likeness (QED) is 0.598. The van der Waals surface area contributed by atoms with Crippen LogP contribution in [0.25, 0.3) is 0 Å². The topological polar surface area (TPSA) is 21.3 Å². The van der Waals surface area contributed by atoms with Gasteiger partial charge in [0.25, 0.3) is 0 Å². The van der Waals surface area contributed by atoms with Crippen LogP contribution in [-0.2, 0) is 4.74 Å². The van der Waals surface area contributed by atoms with Gasteiger partial charge in [-0.1, -0.05) is 24.3 Å². The maximum absolute atomic E-state index is 5.30. The summed E-state index contributed by atoms with van der Waals surface area (Å²) >= 11 is 0. The van der Waals surface area contributed by atoms with Gasteiger partial charge in [-0.05, 0) is 6.08 Å². The van der Waals surface area contributed by atoms with Gasteiger partial charge in [0.1, 0.15) is 6.61 Å². The summed E-state index contributed by atoms with van der Waals surface area (Å²) in [6.07, 6.45) is 12.9. The van der Waals surface area contributed by atoms with Crippen molar-refractivity contribution in [3.63, 3.8) is 0 Å². The maximum atomic E-state index is 5.30. The lowest BCUT2D eigenvalue weighted by molar-refractivity contribution is 0.181. The van der Waals surface area contributed by atoms with Crippen LogP contribution in [-0.4, -0.2) is 18.7 Å². The second-order valence-electron chi connectivity index (χ2n) is 3.89. The maximum Gasteiger partial charge on any atom is 0.103 e. The number of allylic oxidation sites excluding steroid dienone is 2. The predicted octanol–water partition coefficient (Wildman–Crippen LogP) is 1.23. The lowest BCUT2D eigenvalue weighted by atomic mass is 9.84. The minimum atomic E-state index is 0.507. The van der Waals surface area contributed by atoms with Gasteiger partial charge in [0.2, 0.25) is 0 Å². The molecule has 2 nitrogen and oxygen atoms in total. The molecule has 4 unspecified atom stereocenters. The van der Waals surface area contributed by atoms with E-state index in [1.54, 1.807) is 0 Å². The Kier molecular flexibility index (Phi) is 1.56. The summed E-state index contributed by atoms with van der Waals surface area (Å²) in [6.45, 7) is 0.815. The summed E-state index contributed by atoms with van der Waals surface area (Å²) in [4.78, 5) is 0.